The van der Waals surface area contributed by atoms with Gasteiger partial charge in [-0.05, 0) is 30.3 Å². The topological polar surface area (TPSA) is 70.0 Å². The van der Waals surface area contributed by atoms with Crippen LogP contribution in [-0.2, 0) is 0 Å². The molecule has 0 saturated heterocycles. The van der Waals surface area contributed by atoms with E-state index in [1.54, 1.807) is 24.3 Å². The zero-order valence-electron chi connectivity index (χ0n) is 9.50. The minimum absolute atomic E-state index is 0.217. The molecule has 0 saturated carbocycles. The zero-order chi connectivity index (χ0) is 13.4. The number of aromatic nitrogens is 1. The third kappa shape index (κ3) is 2.22. The highest BCUT2D eigenvalue weighted by atomic mass is 35.5. The number of rotatable bonds is 2. The highest BCUT2D eigenvalue weighted by Gasteiger charge is 2.14. The molecule has 2 aromatic heterocycles. The molecule has 19 heavy (non-hydrogen) atoms. The second-order valence-corrected chi connectivity index (χ2v) is 5.33. The van der Waals surface area contributed by atoms with Crippen molar-refractivity contribution >= 4 is 33.2 Å². The van der Waals surface area contributed by atoms with E-state index in [1.165, 1.54) is 11.3 Å². The molecule has 1 atom stereocenters. The van der Waals surface area contributed by atoms with Gasteiger partial charge in [-0.2, -0.15) is 5.26 Å². The van der Waals surface area contributed by atoms with Crippen LogP contribution in [0.2, 0.25) is 5.02 Å². The van der Waals surface area contributed by atoms with Crippen molar-refractivity contribution in [3.8, 4) is 16.8 Å². The van der Waals surface area contributed by atoms with Gasteiger partial charge in [-0.3, -0.25) is 0 Å². The molecule has 0 unspecified atom stereocenters. The Labute approximate surface area is 117 Å². The van der Waals surface area contributed by atoms with E-state index in [2.05, 4.69) is 4.98 Å². The second kappa shape index (κ2) is 4.67. The molecule has 4 nitrogen and oxygen atoms in total. The van der Waals surface area contributed by atoms with Gasteiger partial charge in [0.25, 0.3) is 0 Å². The third-order valence-corrected chi connectivity index (χ3v) is 3.85. The molecule has 0 aliphatic carbocycles. The number of aliphatic hydroxyl groups is 1. The molecule has 1 N–H and O–H groups in total. The van der Waals surface area contributed by atoms with Gasteiger partial charge in [0, 0.05) is 5.02 Å². The average molecular weight is 291 g/mol. The number of fused-ring (bicyclic) bond motifs is 1. The van der Waals surface area contributed by atoms with Crippen molar-refractivity contribution in [2.45, 2.75) is 6.10 Å². The Hall–Kier alpha value is -1.87. The fourth-order valence-corrected chi connectivity index (χ4v) is 2.89. The number of nitrogens with zero attached hydrogens (tertiary/aromatic N) is 2. The number of halogens is 1. The van der Waals surface area contributed by atoms with E-state index in [0.29, 0.717) is 15.8 Å². The van der Waals surface area contributed by atoms with E-state index in [0.717, 1.165) is 10.2 Å². The summed E-state index contributed by atoms with van der Waals surface area (Å²) in [6.45, 7) is 0. The van der Waals surface area contributed by atoms with Gasteiger partial charge in [-0.15, -0.1) is 11.3 Å². The molecule has 3 rings (SSSR count). The van der Waals surface area contributed by atoms with Crippen LogP contribution in [0.25, 0.3) is 21.0 Å². The van der Waals surface area contributed by atoms with E-state index in [9.17, 15) is 5.11 Å². The maximum atomic E-state index is 9.38. The monoisotopic (exact) mass is 290 g/mol. The van der Waals surface area contributed by atoms with Crippen LogP contribution in [0.5, 0.6) is 0 Å². The Morgan fingerprint density at radius 1 is 1.37 bits per heavy atom. The normalized spacial score (nSPS) is 12.5. The molecular weight excluding hydrogens is 284 g/mol. The van der Waals surface area contributed by atoms with Gasteiger partial charge in [-0.25, -0.2) is 4.98 Å². The number of hydrogen-bond donors (Lipinski definition) is 1. The lowest BCUT2D eigenvalue weighted by atomic mass is 10.3. The highest BCUT2D eigenvalue weighted by molar-refractivity contribution is 7.21. The zero-order valence-corrected chi connectivity index (χ0v) is 11.1. The predicted octanol–water partition coefficient (Wildman–Crippen LogP) is 3.77. The van der Waals surface area contributed by atoms with Crippen LogP contribution in [0.15, 0.2) is 34.7 Å². The molecule has 0 spiro atoms. The lowest BCUT2D eigenvalue weighted by Crippen LogP contribution is -1.88. The minimum Gasteiger partial charge on any atom is -0.455 e. The summed E-state index contributed by atoms with van der Waals surface area (Å²) < 4.78 is 6.38. The molecule has 0 aliphatic heterocycles. The molecule has 0 amide bonds. The molecule has 0 fully saturated rings. The molecule has 2 heterocycles. The lowest BCUT2D eigenvalue weighted by molar-refractivity contribution is 0.205. The largest absolute Gasteiger partial charge is 0.455 e. The van der Waals surface area contributed by atoms with Crippen molar-refractivity contribution < 1.29 is 9.52 Å². The third-order valence-electron chi connectivity index (χ3n) is 2.58. The standard InChI is InChI=1S/C13H7ClN2O2S/c14-7-1-2-8-12(5-7)19-13(16-8)11-4-3-10(18-11)9(17)6-15/h1-5,9,17H/t9-/m1/s1. The summed E-state index contributed by atoms with van der Waals surface area (Å²) >= 11 is 7.37. The predicted molar refractivity (Wildman–Crippen MR) is 72.9 cm³/mol. The van der Waals surface area contributed by atoms with Gasteiger partial charge in [0.2, 0.25) is 0 Å². The number of aliphatic hydroxyl groups excluding tert-OH is 1. The number of hydrogen-bond acceptors (Lipinski definition) is 5. The van der Waals surface area contributed by atoms with Crippen molar-refractivity contribution in [3.05, 3.63) is 41.1 Å². The molecule has 3 aromatic rings. The van der Waals surface area contributed by atoms with Crippen molar-refractivity contribution in [2.75, 3.05) is 0 Å². The van der Waals surface area contributed by atoms with Crippen LogP contribution < -0.4 is 0 Å². The fourth-order valence-electron chi connectivity index (χ4n) is 1.68. The molecule has 0 aliphatic rings. The maximum absolute atomic E-state index is 9.38. The number of nitriles is 1. The van der Waals surface area contributed by atoms with Gasteiger partial charge >= 0.3 is 0 Å². The smallest absolute Gasteiger partial charge is 0.198 e. The van der Waals surface area contributed by atoms with Crippen LogP contribution in [0.4, 0.5) is 0 Å². The summed E-state index contributed by atoms with van der Waals surface area (Å²) in [5, 5.41) is 19.3. The quantitative estimate of drug-likeness (QED) is 0.729. The first-order chi connectivity index (χ1) is 9.17. The van der Waals surface area contributed by atoms with E-state index in [-0.39, 0.29) is 5.76 Å². The second-order valence-electron chi connectivity index (χ2n) is 3.86. The summed E-state index contributed by atoms with van der Waals surface area (Å²) in [6.07, 6.45) is -1.25. The maximum Gasteiger partial charge on any atom is 0.198 e. The molecular formula is C13H7ClN2O2S. The number of benzene rings is 1. The summed E-state index contributed by atoms with van der Waals surface area (Å²) in [5.41, 5.74) is 0.836. The van der Waals surface area contributed by atoms with E-state index in [1.807, 2.05) is 12.1 Å². The summed E-state index contributed by atoms with van der Waals surface area (Å²) in [4.78, 5) is 4.42. The van der Waals surface area contributed by atoms with Crippen molar-refractivity contribution in [3.63, 3.8) is 0 Å². The van der Waals surface area contributed by atoms with Crippen molar-refractivity contribution in [2.24, 2.45) is 0 Å². The Bertz CT molecular complexity index is 787. The number of furan rings is 1. The Kier molecular flexibility index (Phi) is 2.99. The van der Waals surface area contributed by atoms with Gasteiger partial charge in [0.15, 0.2) is 16.9 Å². The average Bonchev–Trinajstić information content (AvgIpc) is 3.03. The highest BCUT2D eigenvalue weighted by Crippen LogP contribution is 2.33. The van der Waals surface area contributed by atoms with Crippen molar-refractivity contribution in [1.29, 1.82) is 5.26 Å². The first-order valence-electron chi connectivity index (χ1n) is 5.41. The molecule has 6 heteroatoms. The van der Waals surface area contributed by atoms with Gasteiger partial charge in [-0.1, -0.05) is 11.6 Å². The Morgan fingerprint density at radius 2 is 2.21 bits per heavy atom. The van der Waals surface area contributed by atoms with E-state index in [4.69, 9.17) is 21.3 Å². The van der Waals surface area contributed by atoms with Crippen LogP contribution in [0.1, 0.15) is 11.9 Å². The summed E-state index contributed by atoms with van der Waals surface area (Å²) in [6, 6.07) is 10.4. The van der Waals surface area contributed by atoms with Gasteiger partial charge in [0.05, 0.1) is 10.2 Å². The SMILES string of the molecule is N#C[C@@H](O)c1ccc(-c2nc3ccc(Cl)cc3s2)o1. The van der Waals surface area contributed by atoms with E-state index >= 15 is 0 Å². The molecule has 0 radical (unpaired) electrons. The lowest BCUT2D eigenvalue weighted by Gasteiger charge is -1.94. The summed E-state index contributed by atoms with van der Waals surface area (Å²) in [5.74, 6) is 0.747. The first kappa shape index (κ1) is 12.2. The molecule has 1 aromatic carbocycles. The molecule has 0 bridgehead atoms. The molecule has 94 valence electrons. The van der Waals surface area contributed by atoms with Crippen molar-refractivity contribution in [1.82, 2.24) is 4.98 Å². The first-order valence-corrected chi connectivity index (χ1v) is 6.61. The van der Waals surface area contributed by atoms with E-state index < -0.39 is 6.10 Å². The van der Waals surface area contributed by atoms with Crippen LogP contribution >= 0.6 is 22.9 Å². The summed E-state index contributed by atoms with van der Waals surface area (Å²) in [7, 11) is 0. The Morgan fingerprint density at radius 3 is 3.00 bits per heavy atom. The minimum atomic E-state index is -1.25. The van der Waals surface area contributed by atoms with Crippen LogP contribution in [-0.4, -0.2) is 10.1 Å². The van der Waals surface area contributed by atoms with Crippen LogP contribution in [0, 0.1) is 11.3 Å². The number of thiazole rings is 1. The van der Waals surface area contributed by atoms with Crippen LogP contribution in [0.3, 0.4) is 0 Å². The fraction of sp³-hybridized carbons (Fsp3) is 0.0769. The van der Waals surface area contributed by atoms with Gasteiger partial charge in [0.1, 0.15) is 11.8 Å². The Balaban J connectivity index is 2.04. The van der Waals surface area contributed by atoms with Gasteiger partial charge < -0.3 is 9.52 Å².